The van der Waals surface area contributed by atoms with Crippen LogP contribution in [-0.2, 0) is 0 Å². The molecule has 0 aliphatic heterocycles. The fourth-order valence-electron chi connectivity index (χ4n) is 2.28. The summed E-state index contributed by atoms with van der Waals surface area (Å²) in [6, 6.07) is 12.9. The zero-order valence-corrected chi connectivity index (χ0v) is 12.8. The summed E-state index contributed by atoms with van der Waals surface area (Å²) in [7, 11) is 0. The van der Waals surface area contributed by atoms with Crippen LogP contribution in [0.2, 0.25) is 0 Å². The third kappa shape index (κ3) is 2.72. The molecule has 5 nitrogen and oxygen atoms in total. The summed E-state index contributed by atoms with van der Waals surface area (Å²) in [5.41, 5.74) is 3.05. The van der Waals surface area contributed by atoms with Crippen LogP contribution in [0.4, 0.5) is 5.69 Å². The molecule has 0 spiro atoms. The molecular weight excluding hydrogens is 308 g/mol. The molecule has 23 heavy (non-hydrogen) atoms. The first kappa shape index (κ1) is 13.7. The van der Waals surface area contributed by atoms with Crippen LogP contribution < -0.4 is 5.32 Å². The molecule has 1 aromatic carbocycles. The molecule has 3 heterocycles. The highest BCUT2D eigenvalue weighted by Crippen LogP contribution is 2.23. The molecule has 0 atom stereocenters. The number of imidazole rings is 1. The molecule has 0 bridgehead atoms. The molecule has 6 heteroatoms. The van der Waals surface area contributed by atoms with E-state index in [0.29, 0.717) is 5.69 Å². The van der Waals surface area contributed by atoms with E-state index in [1.54, 1.807) is 35.7 Å². The minimum Gasteiger partial charge on any atom is -0.321 e. The van der Waals surface area contributed by atoms with Gasteiger partial charge >= 0.3 is 0 Å². The van der Waals surface area contributed by atoms with Crippen LogP contribution in [0, 0.1) is 0 Å². The molecule has 1 amide bonds. The normalized spacial score (nSPS) is 10.8. The summed E-state index contributed by atoms with van der Waals surface area (Å²) in [5.74, 6) is -0.221. The lowest BCUT2D eigenvalue weighted by Crippen LogP contribution is -2.13. The number of carbonyl (C=O) groups excluding carboxylic acids is 1. The Morgan fingerprint density at radius 3 is 2.74 bits per heavy atom. The molecule has 0 radical (unpaired) electrons. The Morgan fingerprint density at radius 2 is 2.00 bits per heavy atom. The van der Waals surface area contributed by atoms with Crippen molar-refractivity contribution in [3.8, 4) is 11.3 Å². The highest BCUT2D eigenvalue weighted by Gasteiger charge is 2.08. The first-order valence-corrected chi connectivity index (χ1v) is 7.92. The van der Waals surface area contributed by atoms with Gasteiger partial charge in [-0.1, -0.05) is 18.2 Å². The SMILES string of the molecule is O=C(Nc1ccc(-c2cn3ccsc3n2)cc1)c1ccccn1. The van der Waals surface area contributed by atoms with Gasteiger partial charge in [0.2, 0.25) is 0 Å². The summed E-state index contributed by atoms with van der Waals surface area (Å²) in [6.45, 7) is 0. The molecular formula is C17H12N4OS. The van der Waals surface area contributed by atoms with Gasteiger partial charge in [-0.25, -0.2) is 4.98 Å². The van der Waals surface area contributed by atoms with Crippen molar-refractivity contribution in [2.75, 3.05) is 5.32 Å². The van der Waals surface area contributed by atoms with Crippen molar-refractivity contribution in [2.45, 2.75) is 0 Å². The van der Waals surface area contributed by atoms with Gasteiger partial charge in [-0.3, -0.25) is 14.2 Å². The number of thiazole rings is 1. The third-order valence-corrected chi connectivity index (χ3v) is 4.20. The number of amides is 1. The monoisotopic (exact) mass is 320 g/mol. The number of aromatic nitrogens is 3. The highest BCUT2D eigenvalue weighted by molar-refractivity contribution is 7.15. The van der Waals surface area contributed by atoms with E-state index in [9.17, 15) is 4.79 Å². The first-order chi connectivity index (χ1) is 11.3. The number of pyridine rings is 1. The number of fused-ring (bicyclic) bond motifs is 1. The third-order valence-electron chi connectivity index (χ3n) is 3.43. The topological polar surface area (TPSA) is 59.3 Å². The number of benzene rings is 1. The van der Waals surface area contributed by atoms with E-state index in [2.05, 4.69) is 15.3 Å². The van der Waals surface area contributed by atoms with Gasteiger partial charge in [-0.15, -0.1) is 11.3 Å². The van der Waals surface area contributed by atoms with E-state index in [4.69, 9.17) is 0 Å². The molecule has 4 rings (SSSR count). The lowest BCUT2D eigenvalue weighted by Gasteiger charge is -2.05. The Balaban J connectivity index is 1.54. The lowest BCUT2D eigenvalue weighted by atomic mass is 10.1. The quantitative estimate of drug-likeness (QED) is 0.626. The Bertz CT molecular complexity index is 929. The van der Waals surface area contributed by atoms with Gasteiger partial charge in [0.15, 0.2) is 4.96 Å². The van der Waals surface area contributed by atoms with Crippen molar-refractivity contribution in [1.29, 1.82) is 0 Å². The molecule has 3 aromatic heterocycles. The fraction of sp³-hybridized carbons (Fsp3) is 0. The Morgan fingerprint density at radius 1 is 1.13 bits per heavy atom. The highest BCUT2D eigenvalue weighted by atomic mass is 32.1. The zero-order valence-electron chi connectivity index (χ0n) is 12.0. The summed E-state index contributed by atoms with van der Waals surface area (Å²) in [6.07, 6.45) is 5.58. The number of anilines is 1. The molecule has 0 fully saturated rings. The van der Waals surface area contributed by atoms with Gasteiger partial charge in [-0.05, 0) is 24.3 Å². The minimum atomic E-state index is -0.221. The number of rotatable bonds is 3. The number of hydrogen-bond acceptors (Lipinski definition) is 4. The second kappa shape index (κ2) is 5.66. The molecule has 0 unspecified atom stereocenters. The first-order valence-electron chi connectivity index (χ1n) is 7.05. The van der Waals surface area contributed by atoms with Crippen molar-refractivity contribution in [2.24, 2.45) is 0 Å². The van der Waals surface area contributed by atoms with Crippen molar-refractivity contribution in [3.63, 3.8) is 0 Å². The van der Waals surface area contributed by atoms with Crippen LogP contribution in [0.1, 0.15) is 10.5 Å². The second-order valence-corrected chi connectivity index (χ2v) is 5.84. The maximum absolute atomic E-state index is 12.1. The van der Waals surface area contributed by atoms with E-state index >= 15 is 0 Å². The van der Waals surface area contributed by atoms with Crippen LogP contribution in [0.5, 0.6) is 0 Å². The molecule has 0 aliphatic rings. The maximum atomic E-state index is 12.1. The van der Waals surface area contributed by atoms with Crippen LogP contribution in [0.25, 0.3) is 16.2 Å². The molecule has 4 aromatic rings. The molecule has 112 valence electrons. The fourth-order valence-corrected chi connectivity index (χ4v) is 2.98. The standard InChI is InChI=1S/C17H12N4OS/c22-16(14-3-1-2-8-18-14)19-13-6-4-12(5-7-13)15-11-21-9-10-23-17(21)20-15/h1-11H,(H,19,22). The molecule has 0 saturated carbocycles. The largest absolute Gasteiger partial charge is 0.321 e. The van der Waals surface area contributed by atoms with Gasteiger partial charge in [0.1, 0.15) is 5.69 Å². The Labute approximate surface area is 136 Å². The number of carbonyl (C=O) groups is 1. The second-order valence-electron chi connectivity index (χ2n) is 4.97. The summed E-state index contributed by atoms with van der Waals surface area (Å²) < 4.78 is 2.00. The van der Waals surface area contributed by atoms with Crippen LogP contribution in [0.3, 0.4) is 0 Å². The van der Waals surface area contributed by atoms with Crippen LogP contribution in [0.15, 0.2) is 66.4 Å². The summed E-state index contributed by atoms with van der Waals surface area (Å²) in [5, 5.41) is 4.84. The van der Waals surface area contributed by atoms with E-state index in [1.807, 2.05) is 46.4 Å². The van der Waals surface area contributed by atoms with E-state index < -0.39 is 0 Å². The van der Waals surface area contributed by atoms with Crippen molar-refractivity contribution < 1.29 is 4.79 Å². The Hall–Kier alpha value is -2.99. The predicted octanol–water partition coefficient (Wildman–Crippen LogP) is 3.71. The maximum Gasteiger partial charge on any atom is 0.274 e. The molecule has 0 saturated heterocycles. The van der Waals surface area contributed by atoms with E-state index in [0.717, 1.165) is 21.9 Å². The minimum absolute atomic E-state index is 0.221. The van der Waals surface area contributed by atoms with E-state index in [1.165, 1.54) is 0 Å². The number of hydrogen-bond donors (Lipinski definition) is 1. The number of nitrogens with zero attached hydrogens (tertiary/aromatic N) is 3. The summed E-state index contributed by atoms with van der Waals surface area (Å²) in [4.78, 5) is 21.6. The molecule has 0 aliphatic carbocycles. The van der Waals surface area contributed by atoms with Crippen molar-refractivity contribution in [1.82, 2.24) is 14.4 Å². The smallest absolute Gasteiger partial charge is 0.274 e. The van der Waals surface area contributed by atoms with Crippen LogP contribution >= 0.6 is 11.3 Å². The average Bonchev–Trinajstić information content (AvgIpc) is 3.18. The predicted molar refractivity (Wildman–Crippen MR) is 90.7 cm³/mol. The average molecular weight is 320 g/mol. The summed E-state index contributed by atoms with van der Waals surface area (Å²) >= 11 is 1.60. The van der Waals surface area contributed by atoms with Gasteiger partial charge in [-0.2, -0.15) is 0 Å². The van der Waals surface area contributed by atoms with Gasteiger partial charge in [0.25, 0.3) is 5.91 Å². The van der Waals surface area contributed by atoms with E-state index in [-0.39, 0.29) is 5.91 Å². The molecule has 1 N–H and O–H groups in total. The zero-order chi connectivity index (χ0) is 15.6. The van der Waals surface area contributed by atoms with Gasteiger partial charge in [0.05, 0.1) is 5.69 Å². The van der Waals surface area contributed by atoms with Crippen molar-refractivity contribution in [3.05, 3.63) is 72.1 Å². The number of nitrogens with one attached hydrogen (secondary N) is 1. The Kier molecular flexibility index (Phi) is 3.36. The van der Waals surface area contributed by atoms with Crippen LogP contribution in [-0.4, -0.2) is 20.3 Å². The lowest BCUT2D eigenvalue weighted by molar-refractivity contribution is 0.102. The van der Waals surface area contributed by atoms with Gasteiger partial charge < -0.3 is 5.32 Å². The van der Waals surface area contributed by atoms with Crippen molar-refractivity contribution >= 4 is 27.9 Å². The van der Waals surface area contributed by atoms with Gasteiger partial charge in [0, 0.05) is 35.2 Å².